The number of ether oxygens (including phenoxy) is 1. The molecule has 2 fully saturated rings. The minimum atomic E-state index is -0.0643. The molecule has 1 aromatic carbocycles. The monoisotopic (exact) mass is 486 g/mol. The van der Waals surface area contributed by atoms with Gasteiger partial charge >= 0.3 is 0 Å². The molecule has 2 aliphatic heterocycles. The van der Waals surface area contributed by atoms with E-state index in [4.69, 9.17) is 4.74 Å². The lowest BCUT2D eigenvalue weighted by Gasteiger charge is -2.32. The number of guanidine groups is 1. The summed E-state index contributed by atoms with van der Waals surface area (Å²) in [6, 6.07) is 8.93. The molecule has 2 aliphatic rings. The first kappa shape index (κ1) is 22.3. The molecular formula is C21H35IN4O. The molecule has 0 amide bonds. The largest absolute Gasteiger partial charge is 0.373 e. The SMILES string of the molecule is CN=C(NCc1ccc(N2CCC(C)CC2)cc1)NCC1(C)CCCO1.I. The van der Waals surface area contributed by atoms with E-state index >= 15 is 0 Å². The van der Waals surface area contributed by atoms with Crippen LogP contribution in [-0.2, 0) is 11.3 Å². The van der Waals surface area contributed by atoms with E-state index in [0.717, 1.165) is 44.4 Å². The Morgan fingerprint density at radius 2 is 1.93 bits per heavy atom. The van der Waals surface area contributed by atoms with Crippen molar-refractivity contribution < 1.29 is 4.74 Å². The van der Waals surface area contributed by atoms with Gasteiger partial charge in [0.05, 0.1) is 5.60 Å². The van der Waals surface area contributed by atoms with Crippen LogP contribution in [0.5, 0.6) is 0 Å². The Kier molecular flexibility index (Phi) is 8.66. The summed E-state index contributed by atoms with van der Waals surface area (Å²) in [5, 5.41) is 6.80. The fourth-order valence-electron chi connectivity index (χ4n) is 3.74. The Hall–Kier alpha value is -1.02. The molecule has 0 aliphatic carbocycles. The molecule has 152 valence electrons. The molecule has 2 N–H and O–H groups in total. The number of anilines is 1. The number of aliphatic imine (C=N–C) groups is 1. The van der Waals surface area contributed by atoms with E-state index < -0.39 is 0 Å². The van der Waals surface area contributed by atoms with Gasteiger partial charge in [0.2, 0.25) is 0 Å². The maximum Gasteiger partial charge on any atom is 0.191 e. The molecule has 0 saturated carbocycles. The van der Waals surface area contributed by atoms with Gasteiger partial charge in [-0.25, -0.2) is 0 Å². The Balaban J connectivity index is 0.00000261. The van der Waals surface area contributed by atoms with Crippen LogP contribution in [0, 0.1) is 5.92 Å². The summed E-state index contributed by atoms with van der Waals surface area (Å²) in [6.07, 6.45) is 4.85. The van der Waals surface area contributed by atoms with Crippen LogP contribution >= 0.6 is 24.0 Å². The molecule has 0 radical (unpaired) electrons. The summed E-state index contributed by atoms with van der Waals surface area (Å²) in [4.78, 5) is 6.82. The van der Waals surface area contributed by atoms with E-state index in [0.29, 0.717) is 0 Å². The summed E-state index contributed by atoms with van der Waals surface area (Å²) in [5.41, 5.74) is 2.55. The van der Waals surface area contributed by atoms with Crippen LogP contribution < -0.4 is 15.5 Å². The predicted molar refractivity (Wildman–Crippen MR) is 124 cm³/mol. The van der Waals surface area contributed by atoms with Crippen LogP contribution in [0.4, 0.5) is 5.69 Å². The second-order valence-electron chi connectivity index (χ2n) is 8.02. The maximum atomic E-state index is 5.83. The van der Waals surface area contributed by atoms with Crippen molar-refractivity contribution >= 4 is 35.6 Å². The molecule has 3 rings (SSSR count). The molecule has 6 heteroatoms. The van der Waals surface area contributed by atoms with Crippen molar-refractivity contribution in [2.75, 3.05) is 38.2 Å². The molecule has 0 bridgehead atoms. The average Bonchev–Trinajstić information content (AvgIpc) is 3.10. The number of hydrogen-bond donors (Lipinski definition) is 2. The molecular weight excluding hydrogens is 451 g/mol. The number of nitrogens with one attached hydrogen (secondary N) is 2. The fraction of sp³-hybridized carbons (Fsp3) is 0.667. The number of rotatable bonds is 5. The van der Waals surface area contributed by atoms with E-state index in [1.807, 2.05) is 7.05 Å². The lowest BCUT2D eigenvalue weighted by molar-refractivity contribution is 0.0243. The number of piperidine rings is 1. The number of halogens is 1. The Morgan fingerprint density at radius 1 is 1.22 bits per heavy atom. The molecule has 2 saturated heterocycles. The first-order valence-corrected chi connectivity index (χ1v) is 10.0. The summed E-state index contributed by atoms with van der Waals surface area (Å²) >= 11 is 0. The number of hydrogen-bond acceptors (Lipinski definition) is 3. The first-order valence-electron chi connectivity index (χ1n) is 10.0. The molecule has 0 spiro atoms. The minimum Gasteiger partial charge on any atom is -0.373 e. The second-order valence-corrected chi connectivity index (χ2v) is 8.02. The van der Waals surface area contributed by atoms with Gasteiger partial charge in [0.1, 0.15) is 0 Å². The first-order chi connectivity index (χ1) is 12.6. The topological polar surface area (TPSA) is 48.9 Å². The predicted octanol–water partition coefficient (Wildman–Crippen LogP) is 3.78. The summed E-state index contributed by atoms with van der Waals surface area (Å²) < 4.78 is 5.83. The van der Waals surface area contributed by atoms with Gasteiger partial charge in [0.25, 0.3) is 0 Å². The van der Waals surface area contributed by atoms with Gasteiger partial charge in [-0.3, -0.25) is 4.99 Å². The highest BCUT2D eigenvalue weighted by Crippen LogP contribution is 2.24. The van der Waals surface area contributed by atoms with E-state index in [1.165, 1.54) is 37.2 Å². The smallest absolute Gasteiger partial charge is 0.191 e. The summed E-state index contributed by atoms with van der Waals surface area (Å²) in [5.74, 6) is 1.70. The van der Waals surface area contributed by atoms with E-state index in [-0.39, 0.29) is 29.6 Å². The normalized spacial score (nSPS) is 23.8. The molecule has 27 heavy (non-hydrogen) atoms. The van der Waals surface area contributed by atoms with Gasteiger partial charge in [-0.05, 0) is 56.2 Å². The van der Waals surface area contributed by atoms with E-state index in [9.17, 15) is 0 Å². The number of nitrogens with zero attached hydrogens (tertiary/aromatic N) is 2. The molecule has 1 aromatic rings. The van der Waals surface area contributed by atoms with Crippen LogP contribution in [0.25, 0.3) is 0 Å². The third-order valence-corrected chi connectivity index (χ3v) is 5.70. The Morgan fingerprint density at radius 3 is 2.52 bits per heavy atom. The molecule has 1 unspecified atom stereocenters. The fourth-order valence-corrected chi connectivity index (χ4v) is 3.74. The molecule has 0 aromatic heterocycles. The highest BCUT2D eigenvalue weighted by molar-refractivity contribution is 14.0. The van der Waals surface area contributed by atoms with Crippen molar-refractivity contribution in [1.29, 1.82) is 0 Å². The van der Waals surface area contributed by atoms with Crippen LogP contribution in [0.3, 0.4) is 0 Å². The minimum absolute atomic E-state index is 0. The van der Waals surface area contributed by atoms with Crippen molar-refractivity contribution in [3.8, 4) is 0 Å². The van der Waals surface area contributed by atoms with Gasteiger partial charge in [-0.15, -0.1) is 24.0 Å². The summed E-state index contributed by atoms with van der Waals surface area (Å²) in [6.45, 7) is 9.30. The second kappa shape index (κ2) is 10.5. The van der Waals surface area contributed by atoms with Gasteiger partial charge in [0, 0.05) is 45.5 Å². The Bertz CT molecular complexity index is 591. The van der Waals surface area contributed by atoms with Crippen LogP contribution in [0.2, 0.25) is 0 Å². The van der Waals surface area contributed by atoms with Gasteiger partial charge in [-0.1, -0.05) is 19.1 Å². The average molecular weight is 486 g/mol. The quantitative estimate of drug-likeness (QED) is 0.378. The van der Waals surface area contributed by atoms with Crippen LogP contribution in [0.1, 0.15) is 45.1 Å². The van der Waals surface area contributed by atoms with E-state index in [2.05, 4.69) is 58.6 Å². The summed E-state index contributed by atoms with van der Waals surface area (Å²) in [7, 11) is 1.81. The van der Waals surface area contributed by atoms with Crippen molar-refractivity contribution in [2.24, 2.45) is 10.9 Å². The maximum absolute atomic E-state index is 5.83. The molecule has 1 atom stereocenters. The van der Waals surface area contributed by atoms with Gasteiger partial charge < -0.3 is 20.3 Å². The van der Waals surface area contributed by atoms with Gasteiger partial charge in [0.15, 0.2) is 5.96 Å². The van der Waals surface area contributed by atoms with E-state index in [1.54, 1.807) is 0 Å². The van der Waals surface area contributed by atoms with Crippen molar-refractivity contribution in [3.63, 3.8) is 0 Å². The van der Waals surface area contributed by atoms with Crippen molar-refractivity contribution in [3.05, 3.63) is 29.8 Å². The highest BCUT2D eigenvalue weighted by Gasteiger charge is 2.29. The lowest BCUT2D eigenvalue weighted by Crippen LogP contribution is -2.45. The standard InChI is InChI=1S/C21H34N4O.HI/c1-17-9-12-25(13-10-17)19-7-5-18(6-8-19)15-23-20(22-3)24-16-21(2)11-4-14-26-21;/h5-8,17H,4,9-16H2,1-3H3,(H2,22,23,24);1H. The van der Waals surface area contributed by atoms with Crippen molar-refractivity contribution in [1.82, 2.24) is 10.6 Å². The zero-order valence-corrected chi connectivity index (χ0v) is 19.3. The highest BCUT2D eigenvalue weighted by atomic mass is 127. The zero-order valence-electron chi connectivity index (χ0n) is 17.0. The third-order valence-electron chi connectivity index (χ3n) is 5.70. The number of benzene rings is 1. The molecule has 2 heterocycles. The van der Waals surface area contributed by atoms with Crippen LogP contribution in [-0.4, -0.2) is 44.8 Å². The third kappa shape index (κ3) is 6.52. The van der Waals surface area contributed by atoms with Crippen molar-refractivity contribution in [2.45, 2.75) is 51.7 Å². The van der Waals surface area contributed by atoms with Gasteiger partial charge in [-0.2, -0.15) is 0 Å². The Labute approximate surface area is 181 Å². The zero-order chi connectivity index (χ0) is 18.4. The molecule has 5 nitrogen and oxygen atoms in total. The lowest BCUT2D eigenvalue weighted by atomic mass is 9.99. The van der Waals surface area contributed by atoms with Crippen LogP contribution in [0.15, 0.2) is 29.3 Å².